The van der Waals surface area contributed by atoms with Gasteiger partial charge in [-0.05, 0) is 59.7 Å². The number of para-hydroxylation sites is 4. The number of nitrogens with one attached hydrogen (secondary N) is 1. The first-order chi connectivity index (χ1) is 19.3. The minimum Gasteiger partial charge on any atom is -0.454 e. The number of hydrogen-bond donors (Lipinski definition) is 1. The maximum absolute atomic E-state index is 6.44. The van der Waals surface area contributed by atoms with E-state index in [1.165, 1.54) is 49.2 Å². The molecule has 0 unspecified atom stereocenters. The van der Waals surface area contributed by atoms with Gasteiger partial charge in [0, 0.05) is 43.4 Å². The lowest BCUT2D eigenvalue weighted by molar-refractivity contribution is 0.666. The number of nitrogens with zero attached hydrogens (tertiary/aromatic N) is 1. The molecule has 0 atom stereocenters. The molecule has 0 amide bonds. The fraction of sp³-hybridized carbons (Fsp3) is 0. The quantitative estimate of drug-likeness (QED) is 0.253. The molecule has 3 aromatic heterocycles. The van der Waals surface area contributed by atoms with Crippen molar-refractivity contribution in [1.29, 1.82) is 0 Å². The highest BCUT2D eigenvalue weighted by Crippen LogP contribution is 2.39. The van der Waals surface area contributed by atoms with Crippen molar-refractivity contribution < 1.29 is 4.42 Å². The topological polar surface area (TPSA) is 33.9 Å². The molecule has 0 aliphatic rings. The van der Waals surface area contributed by atoms with Crippen molar-refractivity contribution in [2.24, 2.45) is 0 Å². The Morgan fingerprint density at radius 2 is 1.13 bits per heavy atom. The van der Waals surface area contributed by atoms with Crippen LogP contribution in [0.1, 0.15) is 0 Å². The summed E-state index contributed by atoms with van der Waals surface area (Å²) in [6.45, 7) is 0. The van der Waals surface area contributed by atoms with Crippen LogP contribution in [0, 0.1) is 0 Å². The molecule has 0 bridgehead atoms. The van der Waals surface area contributed by atoms with E-state index in [4.69, 9.17) is 4.42 Å². The molecule has 9 aromatic rings. The Morgan fingerprint density at radius 1 is 0.462 bits per heavy atom. The highest BCUT2D eigenvalue weighted by molar-refractivity contribution is 6.14. The standard InChI is InChI=1S/C36H22N2O/c1-4-12-30-24(8-1)28-20-22(16-18-31(28)37-30)23-17-19-33-29(21-23)25-9-2-5-13-32(25)38(33)34-14-7-11-27-26-10-3-6-15-35(26)39-36(27)34/h1-21,37H. The molecule has 9 rings (SSSR count). The molecule has 6 aromatic carbocycles. The number of fused-ring (bicyclic) bond motifs is 9. The summed E-state index contributed by atoms with van der Waals surface area (Å²) in [5, 5.41) is 7.25. The van der Waals surface area contributed by atoms with Crippen LogP contribution in [0.25, 0.3) is 82.4 Å². The molecule has 3 heteroatoms. The molecule has 0 aliphatic heterocycles. The van der Waals surface area contributed by atoms with E-state index in [1.54, 1.807) is 0 Å². The van der Waals surface area contributed by atoms with Crippen molar-refractivity contribution in [1.82, 2.24) is 9.55 Å². The fourth-order valence-electron chi connectivity index (χ4n) is 6.35. The number of hydrogen-bond acceptors (Lipinski definition) is 1. The summed E-state index contributed by atoms with van der Waals surface area (Å²) in [4.78, 5) is 3.54. The molecule has 39 heavy (non-hydrogen) atoms. The average Bonchev–Trinajstić information content (AvgIpc) is 3.66. The van der Waals surface area contributed by atoms with E-state index in [-0.39, 0.29) is 0 Å². The average molecular weight is 499 g/mol. The summed E-state index contributed by atoms with van der Waals surface area (Å²) in [6.07, 6.45) is 0. The first-order valence-electron chi connectivity index (χ1n) is 13.3. The zero-order valence-electron chi connectivity index (χ0n) is 21.0. The van der Waals surface area contributed by atoms with Crippen molar-refractivity contribution in [3.63, 3.8) is 0 Å². The molecule has 0 saturated heterocycles. The highest BCUT2D eigenvalue weighted by Gasteiger charge is 2.18. The van der Waals surface area contributed by atoms with E-state index in [0.29, 0.717) is 0 Å². The van der Waals surface area contributed by atoms with Crippen molar-refractivity contribution in [2.75, 3.05) is 0 Å². The van der Waals surface area contributed by atoms with Crippen LogP contribution in [0.3, 0.4) is 0 Å². The van der Waals surface area contributed by atoms with Crippen molar-refractivity contribution >= 4 is 65.6 Å². The molecule has 0 aliphatic carbocycles. The molecule has 3 nitrogen and oxygen atoms in total. The molecule has 3 heterocycles. The van der Waals surface area contributed by atoms with Gasteiger partial charge in [0.1, 0.15) is 5.58 Å². The monoisotopic (exact) mass is 498 g/mol. The smallest absolute Gasteiger partial charge is 0.159 e. The van der Waals surface area contributed by atoms with E-state index in [1.807, 2.05) is 12.1 Å². The van der Waals surface area contributed by atoms with Crippen LogP contribution in [0.5, 0.6) is 0 Å². The second-order valence-corrected chi connectivity index (χ2v) is 10.3. The van der Waals surface area contributed by atoms with Crippen LogP contribution in [-0.2, 0) is 0 Å². The Hall–Kier alpha value is -5.28. The van der Waals surface area contributed by atoms with E-state index in [2.05, 4.69) is 125 Å². The Bertz CT molecular complexity index is 2400. The fourth-order valence-corrected chi connectivity index (χ4v) is 6.35. The maximum atomic E-state index is 6.44. The van der Waals surface area contributed by atoms with Gasteiger partial charge in [-0.1, -0.05) is 78.9 Å². The molecular weight excluding hydrogens is 476 g/mol. The van der Waals surface area contributed by atoms with Crippen LogP contribution in [0.2, 0.25) is 0 Å². The van der Waals surface area contributed by atoms with E-state index >= 15 is 0 Å². The predicted octanol–water partition coefficient (Wildman–Crippen LogP) is 9.98. The summed E-state index contributed by atoms with van der Waals surface area (Å²) < 4.78 is 8.79. The van der Waals surface area contributed by atoms with Gasteiger partial charge in [-0.25, -0.2) is 0 Å². The summed E-state index contributed by atoms with van der Waals surface area (Å²) >= 11 is 0. The van der Waals surface area contributed by atoms with Gasteiger partial charge in [-0.3, -0.25) is 0 Å². The number of aromatic amines is 1. The Kier molecular flexibility index (Phi) is 4.05. The van der Waals surface area contributed by atoms with Gasteiger partial charge in [0.05, 0.1) is 16.7 Å². The van der Waals surface area contributed by atoms with Gasteiger partial charge in [-0.15, -0.1) is 0 Å². The molecular formula is C36H22N2O. The third-order valence-electron chi connectivity index (χ3n) is 8.14. The number of rotatable bonds is 2. The van der Waals surface area contributed by atoms with Gasteiger partial charge in [0.15, 0.2) is 5.58 Å². The van der Waals surface area contributed by atoms with Crippen LogP contribution < -0.4 is 0 Å². The molecule has 1 N–H and O–H groups in total. The second-order valence-electron chi connectivity index (χ2n) is 10.3. The molecule has 182 valence electrons. The summed E-state index contributed by atoms with van der Waals surface area (Å²) in [7, 11) is 0. The molecule has 0 saturated carbocycles. The minimum absolute atomic E-state index is 0.912. The SMILES string of the molecule is c1ccc2c(c1)[nH]c1ccc(-c3ccc4c(c3)c3ccccc3n4-c3cccc4c3oc3ccccc34)cc12. The van der Waals surface area contributed by atoms with E-state index in [9.17, 15) is 0 Å². The number of aromatic nitrogens is 2. The largest absolute Gasteiger partial charge is 0.454 e. The van der Waals surface area contributed by atoms with Crippen molar-refractivity contribution in [3.8, 4) is 16.8 Å². The third kappa shape index (κ3) is 2.87. The summed E-state index contributed by atoms with van der Waals surface area (Å²) in [5.74, 6) is 0. The first kappa shape index (κ1) is 20.7. The third-order valence-corrected chi connectivity index (χ3v) is 8.14. The second kappa shape index (κ2) is 7.62. The lowest BCUT2D eigenvalue weighted by Gasteiger charge is -2.09. The minimum atomic E-state index is 0.912. The normalized spacial score (nSPS) is 12.1. The van der Waals surface area contributed by atoms with Crippen molar-refractivity contribution in [2.45, 2.75) is 0 Å². The van der Waals surface area contributed by atoms with Gasteiger partial charge in [-0.2, -0.15) is 0 Å². The number of benzene rings is 6. The Balaban J connectivity index is 1.31. The number of H-pyrrole nitrogens is 1. The maximum Gasteiger partial charge on any atom is 0.159 e. The Morgan fingerprint density at radius 3 is 2.05 bits per heavy atom. The van der Waals surface area contributed by atoms with Crippen LogP contribution in [0.4, 0.5) is 0 Å². The lowest BCUT2D eigenvalue weighted by Crippen LogP contribution is -1.94. The highest BCUT2D eigenvalue weighted by atomic mass is 16.3. The van der Waals surface area contributed by atoms with Gasteiger partial charge in [0.25, 0.3) is 0 Å². The zero-order valence-corrected chi connectivity index (χ0v) is 21.0. The zero-order chi connectivity index (χ0) is 25.5. The number of furan rings is 1. The van der Waals surface area contributed by atoms with Crippen LogP contribution in [-0.4, -0.2) is 9.55 Å². The molecule has 0 fully saturated rings. The van der Waals surface area contributed by atoms with Crippen molar-refractivity contribution in [3.05, 3.63) is 127 Å². The lowest BCUT2D eigenvalue weighted by atomic mass is 10.0. The first-order valence-corrected chi connectivity index (χ1v) is 13.3. The Labute approximate surface area is 223 Å². The summed E-state index contributed by atoms with van der Waals surface area (Å²) in [5.41, 5.74) is 9.98. The predicted molar refractivity (Wildman–Crippen MR) is 163 cm³/mol. The van der Waals surface area contributed by atoms with E-state index in [0.717, 1.165) is 33.1 Å². The molecule has 0 radical (unpaired) electrons. The molecule has 0 spiro atoms. The van der Waals surface area contributed by atoms with Gasteiger partial charge < -0.3 is 14.0 Å². The van der Waals surface area contributed by atoms with Crippen LogP contribution in [0.15, 0.2) is 132 Å². The van der Waals surface area contributed by atoms with Gasteiger partial charge in [0.2, 0.25) is 0 Å². The van der Waals surface area contributed by atoms with E-state index < -0.39 is 0 Å². The van der Waals surface area contributed by atoms with Gasteiger partial charge >= 0.3 is 0 Å². The summed E-state index contributed by atoms with van der Waals surface area (Å²) in [6, 6.07) is 45.4. The van der Waals surface area contributed by atoms with Crippen LogP contribution >= 0.6 is 0 Å².